The number of hydrogen-bond acceptors (Lipinski definition) is 0. The zero-order valence-electron chi connectivity index (χ0n) is 14.2. The molecule has 0 saturated heterocycles. The van der Waals surface area contributed by atoms with Gasteiger partial charge in [0.1, 0.15) is 0 Å². The quantitative estimate of drug-likeness (QED) is 0.305. The number of rotatable bonds is 1. The fourth-order valence-corrected chi connectivity index (χ4v) is 4.95. The molecule has 0 aromatic heterocycles. The smallest absolute Gasteiger partial charge is 0.0401 e. The van der Waals surface area contributed by atoms with Crippen LogP contribution in [-0.2, 0) is 0 Å². The molecule has 0 spiro atoms. The van der Waals surface area contributed by atoms with Crippen molar-refractivity contribution in [2.75, 3.05) is 0 Å². The summed E-state index contributed by atoms with van der Waals surface area (Å²) in [6, 6.07) is 33.1. The van der Waals surface area contributed by atoms with E-state index in [2.05, 4.69) is 91.0 Å². The standard InChI is InChI=1S/C24H18Si/c25-24-21-13-5-3-11-19(21)23(20-12-4-6-14-22(20)24)18-15-7-9-16-8-1-2-10-17(16)18/h1-15H,25H3. The summed E-state index contributed by atoms with van der Waals surface area (Å²) in [4.78, 5) is 0. The van der Waals surface area contributed by atoms with E-state index in [0.717, 1.165) is 10.2 Å². The molecule has 25 heavy (non-hydrogen) atoms. The Labute approximate surface area is 150 Å². The van der Waals surface area contributed by atoms with Crippen molar-refractivity contribution < 1.29 is 0 Å². The number of fused-ring (bicyclic) bond motifs is 3. The third-order valence-electron chi connectivity index (χ3n) is 5.26. The van der Waals surface area contributed by atoms with Crippen LogP contribution >= 0.6 is 0 Å². The third-order valence-corrected chi connectivity index (χ3v) is 6.34. The molecule has 0 radical (unpaired) electrons. The molecule has 0 atom stereocenters. The van der Waals surface area contributed by atoms with Crippen LogP contribution in [-0.4, -0.2) is 10.2 Å². The maximum absolute atomic E-state index is 2.28. The van der Waals surface area contributed by atoms with E-state index in [1.54, 1.807) is 0 Å². The molecule has 0 bridgehead atoms. The van der Waals surface area contributed by atoms with Gasteiger partial charge in [0.25, 0.3) is 0 Å². The lowest BCUT2D eigenvalue weighted by Crippen LogP contribution is -2.07. The Hall–Kier alpha value is -2.90. The van der Waals surface area contributed by atoms with E-state index >= 15 is 0 Å². The van der Waals surface area contributed by atoms with Crippen molar-refractivity contribution in [1.82, 2.24) is 0 Å². The average molecular weight is 334 g/mol. The van der Waals surface area contributed by atoms with Gasteiger partial charge in [0.15, 0.2) is 0 Å². The van der Waals surface area contributed by atoms with Gasteiger partial charge in [-0.1, -0.05) is 96.2 Å². The van der Waals surface area contributed by atoms with Crippen molar-refractivity contribution in [3.05, 3.63) is 91.0 Å². The van der Waals surface area contributed by atoms with E-state index in [9.17, 15) is 0 Å². The van der Waals surface area contributed by atoms with Gasteiger partial charge in [0.2, 0.25) is 0 Å². The first kappa shape index (κ1) is 14.4. The van der Waals surface area contributed by atoms with E-state index in [4.69, 9.17) is 0 Å². The summed E-state index contributed by atoms with van der Waals surface area (Å²) in [6.07, 6.45) is 0. The van der Waals surface area contributed by atoms with Crippen LogP contribution in [0.15, 0.2) is 91.0 Å². The van der Waals surface area contributed by atoms with Crippen LogP contribution in [0.25, 0.3) is 43.4 Å². The highest BCUT2D eigenvalue weighted by atomic mass is 28.1. The molecule has 0 saturated carbocycles. The molecule has 0 heterocycles. The Morgan fingerprint density at radius 1 is 0.440 bits per heavy atom. The van der Waals surface area contributed by atoms with Crippen molar-refractivity contribution in [3.63, 3.8) is 0 Å². The first-order valence-corrected chi connectivity index (χ1v) is 9.73. The lowest BCUT2D eigenvalue weighted by molar-refractivity contribution is 1.71. The average Bonchev–Trinajstić information content (AvgIpc) is 2.68. The topological polar surface area (TPSA) is 0 Å². The lowest BCUT2D eigenvalue weighted by Gasteiger charge is -2.16. The van der Waals surface area contributed by atoms with E-state index in [1.807, 2.05) is 0 Å². The predicted molar refractivity (Wildman–Crippen MR) is 114 cm³/mol. The highest BCUT2D eigenvalue weighted by molar-refractivity contribution is 6.47. The summed E-state index contributed by atoms with van der Waals surface area (Å²) >= 11 is 0. The third kappa shape index (κ3) is 2.13. The van der Waals surface area contributed by atoms with E-state index in [-0.39, 0.29) is 0 Å². The minimum Gasteiger partial charge on any atom is -0.0616 e. The van der Waals surface area contributed by atoms with Gasteiger partial charge in [-0.2, -0.15) is 0 Å². The summed E-state index contributed by atoms with van der Waals surface area (Å²) in [5.74, 6) is 0. The first-order chi connectivity index (χ1) is 12.3. The van der Waals surface area contributed by atoms with E-state index in [0.29, 0.717) is 0 Å². The van der Waals surface area contributed by atoms with Crippen molar-refractivity contribution in [2.45, 2.75) is 0 Å². The van der Waals surface area contributed by atoms with Crippen LogP contribution in [0.3, 0.4) is 0 Å². The van der Waals surface area contributed by atoms with E-state index in [1.165, 1.54) is 48.6 Å². The molecule has 0 aliphatic heterocycles. The van der Waals surface area contributed by atoms with Crippen LogP contribution in [0.4, 0.5) is 0 Å². The normalized spacial score (nSPS) is 11.5. The Morgan fingerprint density at radius 2 is 0.920 bits per heavy atom. The van der Waals surface area contributed by atoms with Gasteiger partial charge in [-0.25, -0.2) is 0 Å². The molecule has 0 amide bonds. The van der Waals surface area contributed by atoms with Gasteiger partial charge in [-0.05, 0) is 43.4 Å². The van der Waals surface area contributed by atoms with Crippen molar-refractivity contribution in [1.29, 1.82) is 0 Å². The van der Waals surface area contributed by atoms with E-state index < -0.39 is 0 Å². The van der Waals surface area contributed by atoms with Gasteiger partial charge in [-0.3, -0.25) is 0 Å². The van der Waals surface area contributed by atoms with Crippen molar-refractivity contribution in [3.8, 4) is 11.1 Å². The minimum absolute atomic E-state index is 1.04. The SMILES string of the molecule is [SiH3]c1c2ccccc2c(-c2cccc3ccccc23)c2ccccc12. The van der Waals surface area contributed by atoms with Crippen LogP contribution in [0.2, 0.25) is 0 Å². The highest BCUT2D eigenvalue weighted by Gasteiger charge is 2.14. The monoisotopic (exact) mass is 334 g/mol. The summed E-state index contributed by atoms with van der Waals surface area (Å²) in [5.41, 5.74) is 2.69. The zero-order valence-corrected chi connectivity index (χ0v) is 16.2. The number of hydrogen-bond donors (Lipinski definition) is 0. The van der Waals surface area contributed by atoms with Gasteiger partial charge in [0.05, 0.1) is 0 Å². The zero-order chi connectivity index (χ0) is 16.8. The van der Waals surface area contributed by atoms with Crippen LogP contribution in [0.1, 0.15) is 0 Å². The molecule has 5 aromatic rings. The lowest BCUT2D eigenvalue weighted by atomic mass is 9.89. The Kier molecular flexibility index (Phi) is 3.22. The highest BCUT2D eigenvalue weighted by Crippen LogP contribution is 2.38. The molecule has 5 rings (SSSR count). The Balaban J connectivity index is 2.06. The summed E-state index contributed by atoms with van der Waals surface area (Å²) in [5, 5.41) is 9.64. The molecule has 0 aliphatic carbocycles. The molecule has 0 aliphatic rings. The van der Waals surface area contributed by atoms with Crippen LogP contribution in [0.5, 0.6) is 0 Å². The largest absolute Gasteiger partial charge is 0.0616 e. The van der Waals surface area contributed by atoms with Gasteiger partial charge >= 0.3 is 0 Å². The van der Waals surface area contributed by atoms with Gasteiger partial charge in [-0.15, -0.1) is 0 Å². The fourth-order valence-electron chi connectivity index (χ4n) is 4.08. The maximum Gasteiger partial charge on any atom is 0.0401 e. The maximum atomic E-state index is 2.28. The molecule has 0 fully saturated rings. The molecular weight excluding hydrogens is 316 g/mol. The van der Waals surface area contributed by atoms with Gasteiger partial charge < -0.3 is 0 Å². The van der Waals surface area contributed by atoms with Crippen molar-refractivity contribution in [2.24, 2.45) is 0 Å². The van der Waals surface area contributed by atoms with Gasteiger partial charge in [0, 0.05) is 10.2 Å². The molecule has 0 N–H and O–H groups in total. The molecule has 1 heteroatoms. The predicted octanol–water partition coefficient (Wildman–Crippen LogP) is 4.80. The first-order valence-electron chi connectivity index (χ1n) is 8.73. The molecule has 118 valence electrons. The second-order valence-electron chi connectivity index (χ2n) is 6.62. The van der Waals surface area contributed by atoms with Crippen LogP contribution in [0, 0.1) is 0 Å². The minimum atomic E-state index is 1.04. The molecule has 0 unspecified atom stereocenters. The second-order valence-corrected chi connectivity index (χ2v) is 7.62. The number of benzene rings is 5. The van der Waals surface area contributed by atoms with Crippen molar-refractivity contribution >= 4 is 47.7 Å². The molecule has 0 nitrogen and oxygen atoms in total. The Morgan fingerprint density at radius 3 is 1.56 bits per heavy atom. The molecular formula is C24H18Si. The summed E-state index contributed by atoms with van der Waals surface area (Å²) in [7, 11) is 1.04. The summed E-state index contributed by atoms with van der Waals surface area (Å²) < 4.78 is 0. The second kappa shape index (κ2) is 5.57. The van der Waals surface area contributed by atoms with Crippen LogP contribution < -0.4 is 5.19 Å². The summed E-state index contributed by atoms with van der Waals surface area (Å²) in [6.45, 7) is 0. The fraction of sp³-hybridized carbons (Fsp3) is 0. The Bertz CT molecular complexity index is 1190. The molecule has 5 aromatic carbocycles.